The summed E-state index contributed by atoms with van der Waals surface area (Å²) < 4.78 is 14.2. The molecule has 1 amide bonds. The molecule has 0 spiro atoms. The molecule has 1 aromatic heterocycles. The largest absolute Gasteiger partial charge is 0.504 e. The summed E-state index contributed by atoms with van der Waals surface area (Å²) in [5, 5.41) is 14.0. The van der Waals surface area contributed by atoms with Crippen LogP contribution in [0.5, 0.6) is 5.75 Å². The fourth-order valence-electron chi connectivity index (χ4n) is 5.52. The number of piperidine rings is 1. The van der Waals surface area contributed by atoms with Crippen molar-refractivity contribution in [1.29, 1.82) is 0 Å². The van der Waals surface area contributed by atoms with Gasteiger partial charge in [0, 0.05) is 61.1 Å². The van der Waals surface area contributed by atoms with Crippen molar-refractivity contribution in [3.05, 3.63) is 52.4 Å². The van der Waals surface area contributed by atoms with Gasteiger partial charge in [0.15, 0.2) is 11.6 Å². The Morgan fingerprint density at radius 3 is 2.61 bits per heavy atom. The Morgan fingerprint density at radius 1 is 1.17 bits per heavy atom. The van der Waals surface area contributed by atoms with E-state index in [4.69, 9.17) is 11.6 Å². The summed E-state index contributed by atoms with van der Waals surface area (Å²) in [7, 11) is 0. The Kier molecular flexibility index (Phi) is 7.65. The van der Waals surface area contributed by atoms with Gasteiger partial charge in [-0.1, -0.05) is 24.6 Å². The summed E-state index contributed by atoms with van der Waals surface area (Å²) in [5.74, 6) is 0.203. The molecule has 5 rings (SSSR count). The molecule has 2 aromatic rings. The van der Waals surface area contributed by atoms with Crippen molar-refractivity contribution in [2.45, 2.75) is 63.7 Å². The molecule has 3 heterocycles. The first-order chi connectivity index (χ1) is 17.4. The molecule has 194 valence electrons. The van der Waals surface area contributed by atoms with Gasteiger partial charge in [-0.25, -0.2) is 9.37 Å². The second-order valence-electron chi connectivity index (χ2n) is 10.3. The minimum absolute atomic E-state index is 0.0597. The van der Waals surface area contributed by atoms with Crippen LogP contribution in [-0.4, -0.2) is 76.6 Å². The number of aromatic hydroxyl groups is 1. The molecule has 2 N–H and O–H groups in total. The van der Waals surface area contributed by atoms with E-state index in [0.29, 0.717) is 40.6 Å². The van der Waals surface area contributed by atoms with Gasteiger partial charge in [-0.3, -0.25) is 14.6 Å². The van der Waals surface area contributed by atoms with E-state index in [0.717, 1.165) is 64.8 Å². The third-order valence-corrected chi connectivity index (χ3v) is 7.99. The third kappa shape index (κ3) is 5.76. The molecule has 2 saturated heterocycles. The van der Waals surface area contributed by atoms with Crippen LogP contribution >= 0.6 is 11.6 Å². The SMILES string of the molecule is CCC1CN(c2ncc(C(=O)NC3CC3)cc2O)CCN1C1CCN(Cc2ccc(Cl)cc2F)CC1. The summed E-state index contributed by atoms with van der Waals surface area (Å²) in [6, 6.07) is 7.59. The summed E-state index contributed by atoms with van der Waals surface area (Å²) in [4.78, 5) is 23.8. The first-order valence-electron chi connectivity index (χ1n) is 13.1. The molecule has 0 radical (unpaired) electrons. The average Bonchev–Trinajstić information content (AvgIpc) is 3.70. The Bertz CT molecular complexity index is 1090. The highest BCUT2D eigenvalue weighted by atomic mass is 35.5. The maximum atomic E-state index is 14.2. The lowest BCUT2D eigenvalue weighted by Gasteiger charge is -2.47. The Morgan fingerprint density at radius 2 is 1.94 bits per heavy atom. The fourth-order valence-corrected chi connectivity index (χ4v) is 5.67. The standard InChI is InChI=1S/C27H35ClFN5O2/c1-2-22-17-33(26-25(35)13-19(15-30-26)27(36)31-21-5-6-21)11-12-34(22)23-7-9-32(10-8-23)16-18-3-4-20(28)14-24(18)29/h3-4,13-15,21-23,35H,2,5-12,16-17H2,1H3,(H,31,36). The first-order valence-corrected chi connectivity index (χ1v) is 13.5. The summed E-state index contributed by atoms with van der Waals surface area (Å²) in [6.07, 6.45) is 6.73. The topological polar surface area (TPSA) is 71.9 Å². The van der Waals surface area contributed by atoms with Crippen molar-refractivity contribution < 1.29 is 14.3 Å². The molecule has 1 saturated carbocycles. The number of nitrogens with one attached hydrogen (secondary N) is 1. The second kappa shape index (κ2) is 10.9. The number of pyridine rings is 1. The molecule has 3 aliphatic rings. The van der Waals surface area contributed by atoms with Crippen LogP contribution in [0.1, 0.15) is 54.9 Å². The maximum Gasteiger partial charge on any atom is 0.253 e. The third-order valence-electron chi connectivity index (χ3n) is 7.76. The van der Waals surface area contributed by atoms with Crippen LogP contribution in [0.3, 0.4) is 0 Å². The molecule has 1 aliphatic carbocycles. The van der Waals surface area contributed by atoms with Crippen LogP contribution < -0.4 is 10.2 Å². The number of rotatable bonds is 7. The van der Waals surface area contributed by atoms with E-state index in [2.05, 4.69) is 31.9 Å². The van der Waals surface area contributed by atoms with Gasteiger partial charge in [-0.15, -0.1) is 0 Å². The zero-order valence-corrected chi connectivity index (χ0v) is 21.6. The van der Waals surface area contributed by atoms with Crippen molar-refractivity contribution in [2.24, 2.45) is 0 Å². The molecule has 1 aromatic carbocycles. The molecule has 7 nitrogen and oxygen atoms in total. The summed E-state index contributed by atoms with van der Waals surface area (Å²) in [5.41, 5.74) is 1.10. The van der Waals surface area contributed by atoms with Crippen molar-refractivity contribution in [3.8, 4) is 5.75 Å². The minimum atomic E-state index is -0.236. The number of hydrogen-bond acceptors (Lipinski definition) is 6. The molecule has 2 aliphatic heterocycles. The lowest BCUT2D eigenvalue weighted by Crippen LogP contribution is -2.58. The number of benzene rings is 1. The van der Waals surface area contributed by atoms with Crippen molar-refractivity contribution >= 4 is 23.3 Å². The monoisotopic (exact) mass is 515 g/mol. The van der Waals surface area contributed by atoms with Gasteiger partial charge in [0.05, 0.1) is 5.56 Å². The number of halogens is 2. The van der Waals surface area contributed by atoms with Crippen molar-refractivity contribution in [3.63, 3.8) is 0 Å². The number of carbonyl (C=O) groups excluding carboxylic acids is 1. The molecule has 1 unspecified atom stereocenters. The smallest absolute Gasteiger partial charge is 0.253 e. The summed E-state index contributed by atoms with van der Waals surface area (Å²) >= 11 is 5.89. The van der Waals surface area contributed by atoms with Gasteiger partial charge < -0.3 is 15.3 Å². The van der Waals surface area contributed by atoms with E-state index in [1.54, 1.807) is 18.3 Å². The van der Waals surface area contributed by atoms with E-state index < -0.39 is 0 Å². The predicted molar refractivity (Wildman–Crippen MR) is 139 cm³/mol. The van der Waals surface area contributed by atoms with Crippen LogP contribution in [0.15, 0.2) is 30.5 Å². The number of nitrogens with zero attached hydrogens (tertiary/aromatic N) is 4. The molecular formula is C27H35ClFN5O2. The van der Waals surface area contributed by atoms with Gasteiger partial charge in [0.25, 0.3) is 5.91 Å². The maximum absolute atomic E-state index is 14.2. The quantitative estimate of drug-likeness (QED) is 0.580. The van der Waals surface area contributed by atoms with Gasteiger partial charge in [0.2, 0.25) is 0 Å². The normalized spacial score (nSPS) is 22.1. The van der Waals surface area contributed by atoms with Gasteiger partial charge in [0.1, 0.15) is 5.82 Å². The second-order valence-corrected chi connectivity index (χ2v) is 10.7. The molecular weight excluding hydrogens is 481 g/mol. The van der Waals surface area contributed by atoms with E-state index in [1.165, 1.54) is 12.1 Å². The van der Waals surface area contributed by atoms with Crippen LogP contribution in [-0.2, 0) is 6.54 Å². The molecule has 1 atom stereocenters. The van der Waals surface area contributed by atoms with Crippen molar-refractivity contribution in [2.75, 3.05) is 37.6 Å². The van der Waals surface area contributed by atoms with Gasteiger partial charge >= 0.3 is 0 Å². The van der Waals surface area contributed by atoms with E-state index in [1.807, 2.05) is 0 Å². The highest BCUT2D eigenvalue weighted by Gasteiger charge is 2.34. The Hall–Kier alpha value is -2.42. The van der Waals surface area contributed by atoms with Gasteiger partial charge in [-0.05, 0) is 63.4 Å². The molecule has 3 fully saturated rings. The molecule has 9 heteroatoms. The number of anilines is 1. The highest BCUT2D eigenvalue weighted by Crippen LogP contribution is 2.31. The number of hydrogen-bond donors (Lipinski definition) is 2. The lowest BCUT2D eigenvalue weighted by molar-refractivity contribution is 0.0606. The highest BCUT2D eigenvalue weighted by molar-refractivity contribution is 6.30. The van der Waals surface area contributed by atoms with Crippen LogP contribution in [0.2, 0.25) is 5.02 Å². The average molecular weight is 516 g/mol. The first kappa shape index (κ1) is 25.2. The number of carbonyl (C=O) groups is 1. The minimum Gasteiger partial charge on any atom is -0.504 e. The summed E-state index contributed by atoms with van der Waals surface area (Å²) in [6.45, 7) is 7.17. The van der Waals surface area contributed by atoms with Crippen LogP contribution in [0.25, 0.3) is 0 Å². The molecule has 0 bridgehead atoms. The number of likely N-dealkylation sites (tertiary alicyclic amines) is 1. The lowest BCUT2D eigenvalue weighted by atomic mass is 9.97. The van der Waals surface area contributed by atoms with Crippen molar-refractivity contribution in [1.82, 2.24) is 20.1 Å². The number of piperazine rings is 1. The Balaban J connectivity index is 1.16. The number of amides is 1. The zero-order valence-electron chi connectivity index (χ0n) is 20.8. The van der Waals surface area contributed by atoms with Crippen LogP contribution in [0.4, 0.5) is 10.2 Å². The van der Waals surface area contributed by atoms with Gasteiger partial charge in [-0.2, -0.15) is 0 Å². The zero-order chi connectivity index (χ0) is 25.2. The Labute approximate surface area is 217 Å². The number of aromatic nitrogens is 1. The molecule has 36 heavy (non-hydrogen) atoms. The van der Waals surface area contributed by atoms with E-state index in [9.17, 15) is 14.3 Å². The van der Waals surface area contributed by atoms with Crippen LogP contribution in [0, 0.1) is 5.82 Å². The van der Waals surface area contributed by atoms with E-state index >= 15 is 0 Å². The van der Waals surface area contributed by atoms with E-state index in [-0.39, 0.29) is 23.5 Å². The fraction of sp³-hybridized carbons (Fsp3) is 0.556. The predicted octanol–water partition coefficient (Wildman–Crippen LogP) is 4.04.